The largest absolute Gasteiger partial charge is 0.408 e. The molecule has 0 amide bonds. The molecular weight excluding hydrogens is 934 g/mol. The van der Waals surface area contributed by atoms with Gasteiger partial charge in [-0.15, -0.1) is 0 Å². The standard InChI is InChI=1S/C24H23F6N5O.C24H21F3N6O/c1-14-20(15(2)36-33-14)16-7-19-21(31-8-16)18(17-9-32-35(10-17)13-24(28,29)30)11-34(19)12-22(25)3-5-23(26,27)6-4-22;1-14-22(16(3)34-31-14)17-8-21-23(29-9-17)19(18-10-30-32(11-18)13-24(25,26)27)12-33(21)15(2)20-6-4-5-7-28-20/h7-11H,3-6,12-13H2,1-2H3;4-12,15H,13H2,1-3H3. The Morgan fingerprint density at radius 2 is 1.14 bits per heavy atom. The van der Waals surface area contributed by atoms with Crippen LogP contribution in [-0.4, -0.2) is 77.9 Å². The van der Waals surface area contributed by atoms with Gasteiger partial charge in [0.25, 0.3) is 0 Å². The normalized spacial score (nSPS) is 15.4. The number of hydrogen-bond acceptors (Lipinski definition) is 9. The van der Waals surface area contributed by atoms with Gasteiger partial charge in [-0.25, -0.2) is 13.2 Å². The predicted molar refractivity (Wildman–Crippen MR) is 239 cm³/mol. The SMILES string of the molecule is Cc1noc(C)c1-c1cnc2c(-c3cnn(CC(F)(F)F)c3)cn(C(C)c3ccccn3)c2c1.Cc1noc(C)c1-c1cnc2c(-c3cnn(CC(F)(F)F)c3)cn(CC3(F)CCC(F)(F)CC3)c2c1. The Labute approximate surface area is 392 Å². The van der Waals surface area contributed by atoms with E-state index in [1.54, 1.807) is 49.3 Å². The Morgan fingerprint density at radius 3 is 1.63 bits per heavy atom. The molecule has 0 spiro atoms. The van der Waals surface area contributed by atoms with Crippen LogP contribution in [0, 0.1) is 27.7 Å². The van der Waals surface area contributed by atoms with Gasteiger partial charge in [0.2, 0.25) is 5.92 Å². The molecule has 0 aliphatic heterocycles. The van der Waals surface area contributed by atoms with E-state index in [2.05, 4.69) is 30.5 Å². The summed E-state index contributed by atoms with van der Waals surface area (Å²) in [4.78, 5) is 13.7. The van der Waals surface area contributed by atoms with E-state index < -0.39 is 49.9 Å². The molecule has 366 valence electrons. The second-order valence-corrected chi connectivity index (χ2v) is 17.7. The van der Waals surface area contributed by atoms with E-state index in [1.165, 1.54) is 24.8 Å². The molecule has 1 atom stereocenters. The second-order valence-electron chi connectivity index (χ2n) is 17.7. The van der Waals surface area contributed by atoms with E-state index in [0.29, 0.717) is 61.6 Å². The van der Waals surface area contributed by atoms with Gasteiger partial charge in [-0.05, 0) is 71.7 Å². The van der Waals surface area contributed by atoms with Gasteiger partial charge in [0.05, 0.1) is 64.1 Å². The van der Waals surface area contributed by atoms with Gasteiger partial charge in [-0.3, -0.25) is 24.3 Å². The van der Waals surface area contributed by atoms with E-state index in [-0.39, 0.29) is 25.4 Å². The molecule has 1 fully saturated rings. The van der Waals surface area contributed by atoms with Crippen LogP contribution in [0.2, 0.25) is 0 Å². The van der Waals surface area contributed by atoms with E-state index in [1.807, 2.05) is 55.8 Å². The van der Waals surface area contributed by atoms with Crippen LogP contribution in [0.1, 0.15) is 67.3 Å². The van der Waals surface area contributed by atoms with Gasteiger partial charge in [0.15, 0.2) is 0 Å². The van der Waals surface area contributed by atoms with Crippen molar-refractivity contribution in [2.24, 2.45) is 0 Å². The van der Waals surface area contributed by atoms with Crippen molar-refractivity contribution in [3.8, 4) is 44.5 Å². The molecule has 0 N–H and O–H groups in total. The molecular formula is C48H44F9N11O2. The zero-order chi connectivity index (χ0) is 49.9. The molecule has 1 aliphatic rings. The summed E-state index contributed by atoms with van der Waals surface area (Å²) in [6.07, 6.45) is 3.44. The summed E-state index contributed by atoms with van der Waals surface area (Å²) in [6, 6.07) is 9.33. The van der Waals surface area contributed by atoms with Crippen LogP contribution in [0.15, 0.2) is 95.1 Å². The average Bonchev–Trinajstić information content (AvgIpc) is 4.17. The lowest BCUT2D eigenvalue weighted by molar-refractivity contribution is -0.143. The quantitative estimate of drug-likeness (QED) is 0.123. The maximum Gasteiger partial charge on any atom is 0.408 e. The van der Waals surface area contributed by atoms with E-state index in [9.17, 15) is 35.1 Å². The summed E-state index contributed by atoms with van der Waals surface area (Å²) in [5, 5.41) is 15.7. The molecule has 70 heavy (non-hydrogen) atoms. The Hall–Kier alpha value is -7.26. The number of alkyl halides is 9. The van der Waals surface area contributed by atoms with Crippen LogP contribution in [0.25, 0.3) is 66.6 Å². The number of hydrogen-bond donors (Lipinski definition) is 0. The van der Waals surface area contributed by atoms with Gasteiger partial charge in [0, 0.05) is 101 Å². The van der Waals surface area contributed by atoms with Crippen LogP contribution in [0.3, 0.4) is 0 Å². The van der Waals surface area contributed by atoms with Crippen molar-refractivity contribution in [3.05, 3.63) is 115 Å². The fraction of sp³-hybridized carbons (Fsp3) is 0.354. The minimum atomic E-state index is -4.44. The first-order chi connectivity index (χ1) is 33.0. The summed E-state index contributed by atoms with van der Waals surface area (Å²) in [6.45, 7) is 6.65. The summed E-state index contributed by atoms with van der Waals surface area (Å²) in [5.41, 5.74) is 7.99. The summed E-state index contributed by atoms with van der Waals surface area (Å²) in [7, 11) is 0. The maximum atomic E-state index is 15.7. The summed E-state index contributed by atoms with van der Waals surface area (Å²) >= 11 is 0. The topological polar surface area (TPSA) is 136 Å². The molecule has 9 aromatic rings. The third-order valence-electron chi connectivity index (χ3n) is 12.5. The summed E-state index contributed by atoms with van der Waals surface area (Å²) in [5.74, 6) is -1.63. The van der Waals surface area contributed by atoms with Crippen molar-refractivity contribution in [2.75, 3.05) is 0 Å². The number of fused-ring (bicyclic) bond motifs is 2. The number of pyridine rings is 3. The van der Waals surface area contributed by atoms with Crippen molar-refractivity contribution in [2.45, 2.75) is 110 Å². The van der Waals surface area contributed by atoms with Crippen molar-refractivity contribution in [3.63, 3.8) is 0 Å². The fourth-order valence-corrected chi connectivity index (χ4v) is 9.07. The van der Waals surface area contributed by atoms with Crippen LogP contribution in [0.4, 0.5) is 39.5 Å². The van der Waals surface area contributed by atoms with E-state index in [4.69, 9.17) is 14.0 Å². The van der Waals surface area contributed by atoms with Crippen molar-refractivity contribution in [1.29, 1.82) is 0 Å². The Kier molecular flexibility index (Phi) is 12.2. The van der Waals surface area contributed by atoms with Crippen LogP contribution < -0.4 is 0 Å². The minimum Gasteiger partial charge on any atom is -0.361 e. The van der Waals surface area contributed by atoms with Crippen molar-refractivity contribution in [1.82, 2.24) is 54.0 Å². The first kappa shape index (κ1) is 47.8. The Bertz CT molecular complexity index is 3270. The first-order valence-corrected chi connectivity index (χ1v) is 22.1. The van der Waals surface area contributed by atoms with Gasteiger partial charge in [0.1, 0.15) is 30.3 Å². The molecule has 0 aromatic carbocycles. The number of rotatable bonds is 10. The van der Waals surface area contributed by atoms with Crippen LogP contribution in [-0.2, 0) is 19.6 Å². The van der Waals surface area contributed by atoms with Gasteiger partial charge >= 0.3 is 12.4 Å². The zero-order valence-electron chi connectivity index (χ0n) is 38.2. The fourth-order valence-electron chi connectivity index (χ4n) is 9.07. The molecule has 0 radical (unpaired) electrons. The highest BCUT2D eigenvalue weighted by Crippen LogP contribution is 2.43. The lowest BCUT2D eigenvalue weighted by Gasteiger charge is -2.34. The lowest BCUT2D eigenvalue weighted by Crippen LogP contribution is -2.38. The minimum absolute atomic E-state index is 0.149. The zero-order valence-corrected chi connectivity index (χ0v) is 38.2. The number of nitrogens with zero attached hydrogens (tertiary/aromatic N) is 11. The van der Waals surface area contributed by atoms with E-state index >= 15 is 4.39 Å². The van der Waals surface area contributed by atoms with E-state index in [0.717, 1.165) is 43.0 Å². The molecule has 1 unspecified atom stereocenters. The molecule has 1 aliphatic carbocycles. The molecule has 13 nitrogen and oxygen atoms in total. The highest BCUT2D eigenvalue weighted by molar-refractivity contribution is 5.96. The Balaban J connectivity index is 0.000000174. The molecule has 22 heteroatoms. The van der Waals surface area contributed by atoms with Crippen LogP contribution >= 0.6 is 0 Å². The molecule has 9 heterocycles. The van der Waals surface area contributed by atoms with Crippen LogP contribution in [0.5, 0.6) is 0 Å². The van der Waals surface area contributed by atoms with Crippen molar-refractivity contribution < 1.29 is 48.6 Å². The molecule has 0 saturated heterocycles. The third kappa shape index (κ3) is 9.93. The molecule has 0 bridgehead atoms. The molecule has 9 aromatic heterocycles. The molecule has 10 rings (SSSR count). The lowest BCUT2D eigenvalue weighted by atomic mass is 9.84. The van der Waals surface area contributed by atoms with Gasteiger partial charge in [-0.1, -0.05) is 16.4 Å². The number of aromatic nitrogens is 11. The van der Waals surface area contributed by atoms with Gasteiger partial charge in [-0.2, -0.15) is 36.5 Å². The average molecular weight is 978 g/mol. The highest BCUT2D eigenvalue weighted by atomic mass is 19.4. The third-order valence-corrected chi connectivity index (χ3v) is 12.5. The summed E-state index contributed by atoms with van der Waals surface area (Å²) < 4.78 is 136. The monoisotopic (exact) mass is 977 g/mol. The highest BCUT2D eigenvalue weighted by Gasteiger charge is 2.44. The predicted octanol–water partition coefficient (Wildman–Crippen LogP) is 12.4. The number of aryl methyl sites for hydroxylation is 4. The number of halogens is 9. The Morgan fingerprint density at radius 1 is 0.629 bits per heavy atom. The smallest absolute Gasteiger partial charge is 0.361 e. The molecule has 1 saturated carbocycles. The second kappa shape index (κ2) is 17.9. The first-order valence-electron chi connectivity index (χ1n) is 22.1. The maximum absolute atomic E-state index is 15.7. The van der Waals surface area contributed by atoms with Crippen molar-refractivity contribution >= 4 is 22.1 Å². The van der Waals surface area contributed by atoms with Gasteiger partial charge < -0.3 is 18.2 Å².